The molecule has 0 unspecified atom stereocenters. The molecule has 130 valence electrons. The molecule has 24 heavy (non-hydrogen) atoms. The third kappa shape index (κ3) is 3.13. The molecular weight excluding hydrogens is 308 g/mol. The van der Waals surface area contributed by atoms with Gasteiger partial charge in [-0.1, -0.05) is 20.8 Å². The Balaban J connectivity index is 1.71. The van der Waals surface area contributed by atoms with Crippen LogP contribution in [0.4, 0.5) is 5.95 Å². The van der Waals surface area contributed by atoms with Gasteiger partial charge in [-0.15, -0.1) is 0 Å². The first-order chi connectivity index (χ1) is 11.3. The average molecular weight is 332 g/mol. The summed E-state index contributed by atoms with van der Waals surface area (Å²) in [6.07, 6.45) is 4.27. The molecule has 1 aliphatic rings. The molecular formula is C16H24N6O2. The van der Waals surface area contributed by atoms with Gasteiger partial charge >= 0.3 is 0 Å². The van der Waals surface area contributed by atoms with Crippen molar-refractivity contribution >= 4 is 11.9 Å². The summed E-state index contributed by atoms with van der Waals surface area (Å²) >= 11 is 0. The van der Waals surface area contributed by atoms with E-state index in [1.54, 1.807) is 9.58 Å². The summed E-state index contributed by atoms with van der Waals surface area (Å²) in [4.78, 5) is 18.3. The van der Waals surface area contributed by atoms with Crippen LogP contribution < -0.4 is 5.32 Å². The van der Waals surface area contributed by atoms with Crippen LogP contribution in [-0.4, -0.2) is 44.3 Å². The van der Waals surface area contributed by atoms with Gasteiger partial charge in [0, 0.05) is 50.2 Å². The molecule has 0 aliphatic carbocycles. The predicted octanol–water partition coefficient (Wildman–Crippen LogP) is 1.73. The number of carbonyl (C=O) groups excluding carboxylic acids is 1. The summed E-state index contributed by atoms with van der Waals surface area (Å²) < 4.78 is 7.04. The molecule has 1 amide bonds. The van der Waals surface area contributed by atoms with Crippen molar-refractivity contribution in [2.24, 2.45) is 13.0 Å². The number of carbonyl (C=O) groups is 1. The number of aromatic nitrogens is 4. The molecule has 0 radical (unpaired) electrons. The smallest absolute Gasteiger partial charge is 0.263 e. The SMILES string of the molecule is CN1C(=O)C[C@@H](CNc2noc(C(C)(C)C)n2)[C@@H]1c1cnn(C)c1. The van der Waals surface area contributed by atoms with Crippen molar-refractivity contribution in [1.29, 1.82) is 0 Å². The fraction of sp³-hybridized carbons (Fsp3) is 0.625. The van der Waals surface area contributed by atoms with E-state index in [1.165, 1.54) is 0 Å². The lowest BCUT2D eigenvalue weighted by Crippen LogP contribution is -2.26. The first kappa shape index (κ1) is 16.5. The van der Waals surface area contributed by atoms with Gasteiger partial charge in [-0.2, -0.15) is 10.1 Å². The van der Waals surface area contributed by atoms with E-state index in [4.69, 9.17) is 4.52 Å². The van der Waals surface area contributed by atoms with Gasteiger partial charge in [0.25, 0.3) is 5.95 Å². The minimum Gasteiger partial charge on any atom is -0.351 e. The van der Waals surface area contributed by atoms with E-state index in [2.05, 4.69) is 20.6 Å². The van der Waals surface area contributed by atoms with Gasteiger partial charge in [0.2, 0.25) is 11.8 Å². The Kier molecular flexibility index (Phi) is 4.06. The van der Waals surface area contributed by atoms with Gasteiger partial charge < -0.3 is 14.7 Å². The predicted molar refractivity (Wildman–Crippen MR) is 88.3 cm³/mol. The van der Waals surface area contributed by atoms with E-state index in [1.807, 2.05) is 47.3 Å². The van der Waals surface area contributed by atoms with Gasteiger partial charge in [0.05, 0.1) is 12.2 Å². The summed E-state index contributed by atoms with van der Waals surface area (Å²) in [5.74, 6) is 1.32. The molecule has 3 rings (SSSR count). The summed E-state index contributed by atoms with van der Waals surface area (Å²) in [6.45, 7) is 6.66. The number of nitrogens with one attached hydrogen (secondary N) is 1. The topological polar surface area (TPSA) is 89.1 Å². The van der Waals surface area contributed by atoms with Crippen LogP contribution in [0.5, 0.6) is 0 Å². The summed E-state index contributed by atoms with van der Waals surface area (Å²) in [5.41, 5.74) is 0.857. The molecule has 8 nitrogen and oxygen atoms in total. The zero-order valence-corrected chi connectivity index (χ0v) is 14.8. The van der Waals surface area contributed by atoms with E-state index in [0.29, 0.717) is 24.8 Å². The highest BCUT2D eigenvalue weighted by Crippen LogP contribution is 2.36. The Morgan fingerprint density at radius 2 is 2.12 bits per heavy atom. The second kappa shape index (κ2) is 5.92. The van der Waals surface area contributed by atoms with Crippen LogP contribution in [0, 0.1) is 5.92 Å². The molecule has 0 spiro atoms. The lowest BCUT2D eigenvalue weighted by atomic mass is 9.96. The van der Waals surface area contributed by atoms with Crippen LogP contribution in [0.15, 0.2) is 16.9 Å². The highest BCUT2D eigenvalue weighted by atomic mass is 16.5. The second-order valence-electron chi connectivity index (χ2n) is 7.42. The van der Waals surface area contributed by atoms with Crippen molar-refractivity contribution in [2.75, 3.05) is 18.9 Å². The number of hydrogen-bond donors (Lipinski definition) is 1. The molecule has 3 heterocycles. The van der Waals surface area contributed by atoms with Gasteiger partial charge in [0.15, 0.2) is 0 Å². The normalized spacial score (nSPS) is 21.5. The van der Waals surface area contributed by atoms with Gasteiger partial charge in [-0.3, -0.25) is 9.48 Å². The molecule has 1 fully saturated rings. The van der Waals surface area contributed by atoms with Crippen molar-refractivity contribution in [1.82, 2.24) is 24.8 Å². The van der Waals surface area contributed by atoms with Crippen LogP contribution in [0.1, 0.15) is 44.7 Å². The largest absolute Gasteiger partial charge is 0.351 e. The number of aryl methyl sites for hydroxylation is 1. The zero-order valence-electron chi connectivity index (χ0n) is 14.8. The molecule has 0 saturated carbocycles. The molecule has 0 bridgehead atoms. The Hall–Kier alpha value is -2.38. The Morgan fingerprint density at radius 3 is 2.71 bits per heavy atom. The molecule has 2 aromatic rings. The lowest BCUT2D eigenvalue weighted by molar-refractivity contribution is -0.127. The first-order valence-corrected chi connectivity index (χ1v) is 8.08. The van der Waals surface area contributed by atoms with Crippen molar-refractivity contribution < 1.29 is 9.32 Å². The molecule has 2 aromatic heterocycles. The quantitative estimate of drug-likeness (QED) is 0.917. The average Bonchev–Trinajstić information content (AvgIpc) is 3.18. The van der Waals surface area contributed by atoms with Crippen molar-refractivity contribution in [3.05, 3.63) is 23.8 Å². The molecule has 1 saturated heterocycles. The number of amides is 1. The minimum absolute atomic E-state index is 0.00712. The molecule has 1 aliphatic heterocycles. The molecule has 0 aromatic carbocycles. The number of hydrogen-bond acceptors (Lipinski definition) is 6. The Labute approximate surface area is 141 Å². The minimum atomic E-state index is -0.186. The summed E-state index contributed by atoms with van der Waals surface area (Å²) in [6, 6.07) is 0.00712. The lowest BCUT2D eigenvalue weighted by Gasteiger charge is -2.23. The maximum absolute atomic E-state index is 12.1. The van der Waals surface area contributed by atoms with Gasteiger partial charge in [-0.05, 0) is 5.16 Å². The Bertz CT molecular complexity index is 729. The molecule has 1 N–H and O–H groups in total. The fourth-order valence-corrected chi connectivity index (χ4v) is 3.05. The van der Waals surface area contributed by atoms with Crippen LogP contribution in [0.25, 0.3) is 0 Å². The van der Waals surface area contributed by atoms with Crippen LogP contribution >= 0.6 is 0 Å². The molecule has 2 atom stereocenters. The zero-order chi connectivity index (χ0) is 17.5. The van der Waals surface area contributed by atoms with Crippen molar-refractivity contribution in [3.63, 3.8) is 0 Å². The second-order valence-corrected chi connectivity index (χ2v) is 7.42. The maximum atomic E-state index is 12.1. The third-order valence-corrected chi connectivity index (χ3v) is 4.35. The van der Waals surface area contributed by atoms with E-state index in [9.17, 15) is 4.79 Å². The molecule has 8 heteroatoms. The first-order valence-electron chi connectivity index (χ1n) is 8.08. The van der Waals surface area contributed by atoms with Gasteiger partial charge in [0.1, 0.15) is 0 Å². The monoisotopic (exact) mass is 332 g/mol. The van der Waals surface area contributed by atoms with Crippen LogP contribution in [0.2, 0.25) is 0 Å². The van der Waals surface area contributed by atoms with E-state index >= 15 is 0 Å². The third-order valence-electron chi connectivity index (χ3n) is 4.35. The van der Waals surface area contributed by atoms with Crippen molar-refractivity contribution in [2.45, 2.75) is 38.6 Å². The summed E-state index contributed by atoms with van der Waals surface area (Å²) in [5, 5.41) is 11.4. The highest BCUT2D eigenvalue weighted by molar-refractivity contribution is 5.79. The number of rotatable bonds is 4. The maximum Gasteiger partial charge on any atom is 0.263 e. The highest BCUT2D eigenvalue weighted by Gasteiger charge is 2.39. The van der Waals surface area contributed by atoms with Crippen LogP contribution in [0.3, 0.4) is 0 Å². The number of nitrogens with zero attached hydrogens (tertiary/aromatic N) is 5. The van der Waals surface area contributed by atoms with Crippen LogP contribution in [-0.2, 0) is 17.3 Å². The Morgan fingerprint density at radius 1 is 1.38 bits per heavy atom. The van der Waals surface area contributed by atoms with Gasteiger partial charge in [-0.25, -0.2) is 0 Å². The van der Waals surface area contributed by atoms with E-state index in [0.717, 1.165) is 5.56 Å². The van der Waals surface area contributed by atoms with E-state index in [-0.39, 0.29) is 23.3 Å². The number of anilines is 1. The van der Waals surface area contributed by atoms with Crippen molar-refractivity contribution in [3.8, 4) is 0 Å². The van der Waals surface area contributed by atoms with E-state index < -0.39 is 0 Å². The summed E-state index contributed by atoms with van der Waals surface area (Å²) in [7, 11) is 3.72. The fourth-order valence-electron chi connectivity index (χ4n) is 3.05. The standard InChI is InChI=1S/C16H24N6O2/c1-16(2,3)14-19-15(20-24-14)17-7-10-6-12(23)22(5)13(10)11-8-18-21(4)9-11/h8-10,13H,6-7H2,1-5H3,(H,17,20)/t10-,13+/m0/s1. The number of likely N-dealkylation sites (tertiary alicyclic amines) is 1.